The van der Waals surface area contributed by atoms with Crippen LogP contribution in [0.2, 0.25) is 0 Å². The molecule has 0 amide bonds. The number of nitrogens with zero attached hydrogens (tertiary/aromatic N) is 1. The molecule has 0 aliphatic heterocycles. The van der Waals surface area contributed by atoms with Crippen molar-refractivity contribution < 1.29 is 18.3 Å². The predicted octanol–water partition coefficient (Wildman–Crippen LogP) is 1.76. The van der Waals surface area contributed by atoms with Gasteiger partial charge in [0.1, 0.15) is 0 Å². The fourth-order valence-corrected chi connectivity index (χ4v) is 2.88. The fourth-order valence-electron chi connectivity index (χ4n) is 1.83. The van der Waals surface area contributed by atoms with E-state index in [-0.39, 0.29) is 0 Å². The molecule has 1 aromatic carbocycles. The molecular formula is C13H14N2O4S. The molecule has 2 rings (SSSR count). The largest absolute Gasteiger partial charge is 0.481 e. The third kappa shape index (κ3) is 3.45. The van der Waals surface area contributed by atoms with Gasteiger partial charge in [-0.15, -0.1) is 0 Å². The highest BCUT2D eigenvalue weighted by atomic mass is 32.2. The number of benzene rings is 1. The third-order valence-corrected chi connectivity index (χ3v) is 3.97. The molecule has 106 valence electrons. The van der Waals surface area contributed by atoms with Gasteiger partial charge in [-0.2, -0.15) is 0 Å². The number of anilines is 1. The summed E-state index contributed by atoms with van der Waals surface area (Å²) in [5.41, 5.74) is 1.78. The summed E-state index contributed by atoms with van der Waals surface area (Å²) < 4.78 is 26.2. The topological polar surface area (TPSA) is 96.4 Å². The van der Waals surface area contributed by atoms with Gasteiger partial charge in [0.25, 0.3) is 0 Å². The minimum atomic E-state index is -3.70. The summed E-state index contributed by atoms with van der Waals surface area (Å²) in [5, 5.41) is 9.23. The van der Waals surface area contributed by atoms with E-state index in [1.807, 2.05) is 6.07 Å². The molecule has 6 nitrogen and oxygen atoms in total. The number of pyridine rings is 1. The second kappa shape index (κ2) is 5.46. The first-order chi connectivity index (χ1) is 9.37. The number of sulfonamides is 1. The van der Waals surface area contributed by atoms with Crippen molar-refractivity contribution in [2.75, 3.05) is 10.5 Å². The lowest BCUT2D eigenvalue weighted by molar-refractivity contribution is -0.136. The molecule has 0 saturated heterocycles. The number of hydrogen-bond acceptors (Lipinski definition) is 4. The fraction of sp³-hybridized carbons (Fsp3) is 0.231. The van der Waals surface area contributed by atoms with Gasteiger partial charge in [0.15, 0.2) is 0 Å². The van der Waals surface area contributed by atoms with Gasteiger partial charge in [-0.3, -0.25) is 14.5 Å². The minimum absolute atomic E-state index is 0.415. The molecule has 0 fully saturated rings. The number of carbonyl (C=O) groups is 1. The Morgan fingerprint density at radius 3 is 2.75 bits per heavy atom. The molecule has 0 unspecified atom stereocenters. The van der Waals surface area contributed by atoms with Crippen molar-refractivity contribution in [2.24, 2.45) is 0 Å². The number of carboxylic acid groups (broad SMARTS) is 1. The van der Waals surface area contributed by atoms with E-state index in [0.717, 1.165) is 0 Å². The Morgan fingerprint density at radius 1 is 1.35 bits per heavy atom. The molecular weight excluding hydrogens is 280 g/mol. The maximum Gasteiger partial charge on any atom is 0.304 e. The van der Waals surface area contributed by atoms with E-state index >= 15 is 0 Å². The molecule has 2 N–H and O–H groups in total. The summed E-state index contributed by atoms with van der Waals surface area (Å²) in [6, 6.07) is 8.78. The summed E-state index contributed by atoms with van der Waals surface area (Å²) in [6.07, 6.45) is -0.433. The first-order valence-corrected chi connectivity index (χ1v) is 7.61. The smallest absolute Gasteiger partial charge is 0.304 e. The van der Waals surface area contributed by atoms with Gasteiger partial charge in [0, 0.05) is 11.1 Å². The van der Waals surface area contributed by atoms with Crippen LogP contribution >= 0.6 is 0 Å². The lowest BCUT2D eigenvalue weighted by atomic mass is 10.2. The molecule has 0 aliphatic carbocycles. The van der Waals surface area contributed by atoms with E-state index in [9.17, 15) is 13.2 Å². The van der Waals surface area contributed by atoms with Gasteiger partial charge < -0.3 is 5.11 Å². The molecule has 2 aromatic rings. The van der Waals surface area contributed by atoms with Crippen LogP contribution in [-0.4, -0.2) is 30.2 Å². The van der Waals surface area contributed by atoms with Gasteiger partial charge in [-0.25, -0.2) is 8.42 Å². The van der Waals surface area contributed by atoms with E-state index in [0.29, 0.717) is 22.3 Å². The van der Waals surface area contributed by atoms with E-state index in [1.54, 1.807) is 31.2 Å². The molecule has 7 heteroatoms. The normalized spacial score (nSPS) is 11.4. The maximum atomic E-state index is 11.9. The van der Waals surface area contributed by atoms with Crippen LogP contribution in [0.4, 0.5) is 5.69 Å². The minimum Gasteiger partial charge on any atom is -0.481 e. The average Bonchev–Trinajstić information content (AvgIpc) is 2.36. The van der Waals surface area contributed by atoms with Gasteiger partial charge in [-0.05, 0) is 19.1 Å². The standard InChI is InChI=1S/C13H14N2O4S/c1-9-8-12(10-4-2-3-5-11(10)14-9)15-20(18,19)7-6-13(16)17/h2-5,8H,6-7H2,1H3,(H,14,15)(H,16,17). The quantitative estimate of drug-likeness (QED) is 0.876. The SMILES string of the molecule is Cc1cc(NS(=O)(=O)CCC(=O)O)c2ccccc2n1. The Kier molecular flexibility index (Phi) is 3.89. The van der Waals surface area contributed by atoms with E-state index in [1.165, 1.54) is 0 Å². The monoisotopic (exact) mass is 294 g/mol. The van der Waals surface area contributed by atoms with Crippen LogP contribution in [0, 0.1) is 6.92 Å². The second-order valence-electron chi connectivity index (χ2n) is 4.39. The zero-order valence-corrected chi connectivity index (χ0v) is 11.6. The summed E-state index contributed by atoms with van der Waals surface area (Å²) in [6.45, 7) is 1.77. The van der Waals surface area contributed by atoms with Crippen molar-refractivity contribution in [3.63, 3.8) is 0 Å². The number of carboxylic acids is 1. The van der Waals surface area contributed by atoms with Crippen molar-refractivity contribution in [2.45, 2.75) is 13.3 Å². The first-order valence-electron chi connectivity index (χ1n) is 5.96. The number of nitrogens with one attached hydrogen (secondary N) is 1. The van der Waals surface area contributed by atoms with E-state index in [4.69, 9.17) is 5.11 Å². The Bertz CT molecular complexity index is 756. The van der Waals surface area contributed by atoms with Crippen LogP contribution in [0.15, 0.2) is 30.3 Å². The molecule has 0 radical (unpaired) electrons. The van der Waals surface area contributed by atoms with Gasteiger partial charge in [0.05, 0.1) is 23.4 Å². The Morgan fingerprint density at radius 2 is 2.05 bits per heavy atom. The number of rotatable bonds is 5. The van der Waals surface area contributed by atoms with Crippen LogP contribution in [0.5, 0.6) is 0 Å². The molecule has 0 spiro atoms. The lowest BCUT2D eigenvalue weighted by Crippen LogP contribution is -2.19. The summed E-state index contributed by atoms with van der Waals surface area (Å²) in [7, 11) is -3.70. The lowest BCUT2D eigenvalue weighted by Gasteiger charge is -2.10. The molecule has 0 atom stereocenters. The van der Waals surface area contributed by atoms with Crippen LogP contribution in [0.3, 0.4) is 0 Å². The third-order valence-electron chi connectivity index (χ3n) is 2.69. The van der Waals surface area contributed by atoms with Crippen LogP contribution in [-0.2, 0) is 14.8 Å². The Hall–Kier alpha value is -2.15. The number of aliphatic carboxylic acids is 1. The number of aromatic nitrogens is 1. The zero-order valence-electron chi connectivity index (χ0n) is 10.8. The molecule has 0 bridgehead atoms. The molecule has 1 heterocycles. The average molecular weight is 294 g/mol. The molecule has 0 saturated carbocycles. The van der Waals surface area contributed by atoms with Crippen molar-refractivity contribution in [3.8, 4) is 0 Å². The van der Waals surface area contributed by atoms with Gasteiger partial charge >= 0.3 is 5.97 Å². The summed E-state index contributed by atoms with van der Waals surface area (Å²) in [4.78, 5) is 14.8. The van der Waals surface area contributed by atoms with Crippen LogP contribution < -0.4 is 4.72 Å². The summed E-state index contributed by atoms with van der Waals surface area (Å²) in [5.74, 6) is -1.61. The van der Waals surface area contributed by atoms with Crippen molar-refractivity contribution in [1.29, 1.82) is 0 Å². The van der Waals surface area contributed by atoms with Crippen LogP contribution in [0.1, 0.15) is 12.1 Å². The number of hydrogen-bond donors (Lipinski definition) is 2. The Labute approximate surface area is 116 Å². The van der Waals surface area contributed by atoms with Gasteiger partial charge in [0.2, 0.25) is 10.0 Å². The number of para-hydroxylation sites is 1. The Balaban J connectivity index is 2.36. The number of aryl methyl sites for hydroxylation is 1. The highest BCUT2D eigenvalue weighted by Gasteiger charge is 2.15. The van der Waals surface area contributed by atoms with Crippen molar-refractivity contribution >= 4 is 32.6 Å². The highest BCUT2D eigenvalue weighted by Crippen LogP contribution is 2.23. The van der Waals surface area contributed by atoms with E-state index < -0.39 is 28.2 Å². The van der Waals surface area contributed by atoms with E-state index in [2.05, 4.69) is 9.71 Å². The second-order valence-corrected chi connectivity index (χ2v) is 6.23. The first kappa shape index (κ1) is 14.3. The van der Waals surface area contributed by atoms with Crippen LogP contribution in [0.25, 0.3) is 10.9 Å². The maximum absolute atomic E-state index is 11.9. The number of fused-ring (bicyclic) bond motifs is 1. The molecule has 20 heavy (non-hydrogen) atoms. The summed E-state index contributed by atoms with van der Waals surface area (Å²) >= 11 is 0. The van der Waals surface area contributed by atoms with Crippen molar-refractivity contribution in [3.05, 3.63) is 36.0 Å². The molecule has 0 aliphatic rings. The predicted molar refractivity (Wildman–Crippen MR) is 76.1 cm³/mol. The highest BCUT2D eigenvalue weighted by molar-refractivity contribution is 7.92. The van der Waals surface area contributed by atoms with Crippen molar-refractivity contribution in [1.82, 2.24) is 4.98 Å². The molecule has 1 aromatic heterocycles. The zero-order chi connectivity index (χ0) is 14.8. The van der Waals surface area contributed by atoms with Gasteiger partial charge in [-0.1, -0.05) is 18.2 Å².